The van der Waals surface area contributed by atoms with Gasteiger partial charge in [0.25, 0.3) is 5.91 Å². The lowest BCUT2D eigenvalue weighted by Gasteiger charge is -2.13. The monoisotopic (exact) mass is 371 g/mol. The standard InChI is InChI=1S/C20H21NO6/c1-5-18(22)27-16-10-9-13(11-17(16)25-3)19(23)21-15-8-6-7-14(12(15)2)20(24)26-4/h6-11H,5H2,1-4H3,(H,21,23). The van der Waals surface area contributed by atoms with Crippen molar-refractivity contribution in [1.82, 2.24) is 0 Å². The molecule has 0 atom stereocenters. The molecule has 2 aromatic rings. The fourth-order valence-corrected chi connectivity index (χ4v) is 2.38. The van der Waals surface area contributed by atoms with E-state index in [-0.39, 0.29) is 17.9 Å². The zero-order valence-electron chi connectivity index (χ0n) is 15.6. The highest BCUT2D eigenvalue weighted by atomic mass is 16.6. The van der Waals surface area contributed by atoms with Gasteiger partial charge in [0.05, 0.1) is 19.8 Å². The normalized spacial score (nSPS) is 10.1. The Balaban J connectivity index is 2.26. The van der Waals surface area contributed by atoms with E-state index < -0.39 is 17.8 Å². The van der Waals surface area contributed by atoms with Crippen molar-refractivity contribution in [3.63, 3.8) is 0 Å². The summed E-state index contributed by atoms with van der Waals surface area (Å²) in [4.78, 5) is 35.8. The summed E-state index contributed by atoms with van der Waals surface area (Å²) in [7, 11) is 2.72. The Morgan fingerprint density at radius 2 is 1.78 bits per heavy atom. The Labute approximate surface area is 157 Å². The average molecular weight is 371 g/mol. The van der Waals surface area contributed by atoms with Gasteiger partial charge in [-0.25, -0.2) is 4.79 Å². The highest BCUT2D eigenvalue weighted by Gasteiger charge is 2.16. The molecule has 2 rings (SSSR count). The lowest BCUT2D eigenvalue weighted by molar-refractivity contribution is -0.134. The molecule has 1 N–H and O–H groups in total. The first kappa shape index (κ1) is 20.0. The molecule has 0 spiro atoms. The Morgan fingerprint density at radius 3 is 2.41 bits per heavy atom. The fraction of sp³-hybridized carbons (Fsp3) is 0.250. The van der Waals surface area contributed by atoms with E-state index in [0.29, 0.717) is 22.4 Å². The van der Waals surface area contributed by atoms with Gasteiger partial charge in [0, 0.05) is 17.7 Å². The number of benzene rings is 2. The molecular formula is C20H21NO6. The van der Waals surface area contributed by atoms with E-state index >= 15 is 0 Å². The van der Waals surface area contributed by atoms with Crippen LogP contribution in [0.4, 0.5) is 5.69 Å². The van der Waals surface area contributed by atoms with E-state index in [0.717, 1.165) is 0 Å². The van der Waals surface area contributed by atoms with E-state index in [9.17, 15) is 14.4 Å². The maximum Gasteiger partial charge on any atom is 0.338 e. The maximum absolute atomic E-state index is 12.6. The number of anilines is 1. The van der Waals surface area contributed by atoms with Crippen LogP contribution in [0, 0.1) is 6.92 Å². The number of rotatable bonds is 6. The predicted molar refractivity (Wildman–Crippen MR) is 99.4 cm³/mol. The van der Waals surface area contributed by atoms with Crippen LogP contribution in [-0.4, -0.2) is 32.1 Å². The zero-order valence-corrected chi connectivity index (χ0v) is 15.6. The maximum atomic E-state index is 12.6. The quantitative estimate of drug-likeness (QED) is 0.618. The van der Waals surface area contributed by atoms with Crippen molar-refractivity contribution in [1.29, 1.82) is 0 Å². The number of carbonyl (C=O) groups excluding carboxylic acids is 3. The van der Waals surface area contributed by atoms with Gasteiger partial charge in [-0.15, -0.1) is 0 Å². The highest BCUT2D eigenvalue weighted by molar-refractivity contribution is 6.06. The van der Waals surface area contributed by atoms with E-state index in [4.69, 9.17) is 14.2 Å². The van der Waals surface area contributed by atoms with Crippen LogP contribution in [0.2, 0.25) is 0 Å². The number of nitrogens with one attached hydrogen (secondary N) is 1. The van der Waals surface area contributed by atoms with Crippen LogP contribution < -0.4 is 14.8 Å². The lowest BCUT2D eigenvalue weighted by atomic mass is 10.1. The molecule has 0 radical (unpaired) electrons. The summed E-state index contributed by atoms with van der Waals surface area (Å²) in [6, 6.07) is 9.47. The number of carbonyl (C=O) groups is 3. The number of methoxy groups -OCH3 is 2. The SMILES string of the molecule is CCC(=O)Oc1ccc(C(=O)Nc2cccc(C(=O)OC)c2C)cc1OC. The molecule has 0 saturated carbocycles. The van der Waals surface area contributed by atoms with E-state index in [1.54, 1.807) is 32.0 Å². The third-order valence-electron chi connectivity index (χ3n) is 3.93. The summed E-state index contributed by atoms with van der Waals surface area (Å²) >= 11 is 0. The largest absolute Gasteiger partial charge is 0.493 e. The molecule has 0 aliphatic heterocycles. The molecule has 7 heteroatoms. The molecule has 2 aromatic carbocycles. The summed E-state index contributed by atoms with van der Waals surface area (Å²) < 4.78 is 15.1. The molecule has 27 heavy (non-hydrogen) atoms. The summed E-state index contributed by atoms with van der Waals surface area (Å²) in [6.07, 6.45) is 0.223. The van der Waals surface area contributed by atoms with Gasteiger partial charge < -0.3 is 19.5 Å². The number of amides is 1. The van der Waals surface area contributed by atoms with Crippen LogP contribution in [-0.2, 0) is 9.53 Å². The fourth-order valence-electron chi connectivity index (χ4n) is 2.38. The number of ether oxygens (including phenoxy) is 3. The van der Waals surface area contributed by atoms with Crippen LogP contribution in [0.25, 0.3) is 0 Å². The molecule has 0 aliphatic rings. The van der Waals surface area contributed by atoms with Gasteiger partial charge in [-0.1, -0.05) is 13.0 Å². The second kappa shape index (κ2) is 8.84. The van der Waals surface area contributed by atoms with Crippen molar-refractivity contribution in [2.45, 2.75) is 20.3 Å². The van der Waals surface area contributed by atoms with E-state index in [1.165, 1.54) is 32.4 Å². The molecular weight excluding hydrogens is 350 g/mol. The molecule has 0 aromatic heterocycles. The molecule has 0 unspecified atom stereocenters. The van der Waals surface area contributed by atoms with Crippen LogP contribution in [0.3, 0.4) is 0 Å². The van der Waals surface area contributed by atoms with Crippen LogP contribution >= 0.6 is 0 Å². The molecule has 7 nitrogen and oxygen atoms in total. The second-order valence-corrected chi connectivity index (χ2v) is 5.62. The lowest BCUT2D eigenvalue weighted by Crippen LogP contribution is -2.15. The van der Waals surface area contributed by atoms with Crippen molar-refractivity contribution in [2.24, 2.45) is 0 Å². The third-order valence-corrected chi connectivity index (χ3v) is 3.93. The smallest absolute Gasteiger partial charge is 0.338 e. The summed E-state index contributed by atoms with van der Waals surface area (Å²) in [5.74, 6) is -0.769. The predicted octanol–water partition coefficient (Wildman–Crippen LogP) is 3.36. The van der Waals surface area contributed by atoms with Gasteiger partial charge in [0.15, 0.2) is 11.5 Å². The molecule has 142 valence electrons. The summed E-state index contributed by atoms with van der Waals surface area (Å²) in [5, 5.41) is 2.76. The third kappa shape index (κ3) is 4.63. The van der Waals surface area contributed by atoms with Crippen molar-refractivity contribution >= 4 is 23.5 Å². The topological polar surface area (TPSA) is 90.9 Å². The van der Waals surface area contributed by atoms with Crippen molar-refractivity contribution in [3.8, 4) is 11.5 Å². The van der Waals surface area contributed by atoms with Crippen LogP contribution in [0.1, 0.15) is 39.6 Å². The molecule has 0 bridgehead atoms. The zero-order chi connectivity index (χ0) is 20.0. The van der Waals surface area contributed by atoms with Crippen LogP contribution in [0.5, 0.6) is 11.5 Å². The van der Waals surface area contributed by atoms with Gasteiger partial charge in [0.2, 0.25) is 0 Å². The Kier molecular flexibility index (Phi) is 6.54. The van der Waals surface area contributed by atoms with Crippen LogP contribution in [0.15, 0.2) is 36.4 Å². The Morgan fingerprint density at radius 1 is 1.04 bits per heavy atom. The van der Waals surface area contributed by atoms with E-state index in [2.05, 4.69) is 5.32 Å². The summed E-state index contributed by atoms with van der Waals surface area (Å²) in [6.45, 7) is 3.40. The molecule has 1 amide bonds. The first-order valence-corrected chi connectivity index (χ1v) is 8.29. The van der Waals surface area contributed by atoms with E-state index in [1.807, 2.05) is 0 Å². The van der Waals surface area contributed by atoms with Gasteiger partial charge in [-0.3, -0.25) is 9.59 Å². The van der Waals surface area contributed by atoms with Crippen molar-refractivity contribution in [3.05, 3.63) is 53.1 Å². The second-order valence-electron chi connectivity index (χ2n) is 5.62. The molecule has 0 fully saturated rings. The minimum Gasteiger partial charge on any atom is -0.493 e. The highest BCUT2D eigenvalue weighted by Crippen LogP contribution is 2.29. The minimum atomic E-state index is -0.479. The Hall–Kier alpha value is -3.35. The molecule has 0 aliphatic carbocycles. The average Bonchev–Trinajstić information content (AvgIpc) is 2.68. The van der Waals surface area contributed by atoms with Gasteiger partial charge in [0.1, 0.15) is 0 Å². The molecule has 0 heterocycles. The van der Waals surface area contributed by atoms with Gasteiger partial charge in [-0.05, 0) is 42.8 Å². The number of hydrogen-bond acceptors (Lipinski definition) is 6. The van der Waals surface area contributed by atoms with Crippen molar-refractivity contribution < 1.29 is 28.6 Å². The van der Waals surface area contributed by atoms with Crippen molar-refractivity contribution in [2.75, 3.05) is 19.5 Å². The summed E-state index contributed by atoms with van der Waals surface area (Å²) in [5.41, 5.74) is 1.77. The van der Waals surface area contributed by atoms with Gasteiger partial charge >= 0.3 is 11.9 Å². The minimum absolute atomic E-state index is 0.223. The number of esters is 2. The molecule has 0 saturated heterocycles. The Bertz CT molecular complexity index is 875. The van der Waals surface area contributed by atoms with Gasteiger partial charge in [-0.2, -0.15) is 0 Å². The number of hydrogen-bond donors (Lipinski definition) is 1. The first-order valence-electron chi connectivity index (χ1n) is 8.29. The first-order chi connectivity index (χ1) is 12.9.